The van der Waals surface area contributed by atoms with Crippen LogP contribution in [0.4, 0.5) is 0 Å². The maximum atomic E-state index is 13.4. The Morgan fingerprint density at radius 3 is 2.40 bits per heavy atom. The Bertz CT molecular complexity index is 1290. The quantitative estimate of drug-likeness (QED) is 0.683. The molecule has 3 heterocycles. The molecule has 1 fully saturated rings. The summed E-state index contributed by atoms with van der Waals surface area (Å²) in [7, 11) is 2.94. The van der Waals surface area contributed by atoms with Gasteiger partial charge in [-0.25, -0.2) is 9.20 Å². The molecule has 1 N–H and O–H groups in total. The number of imidazole rings is 1. The lowest BCUT2D eigenvalue weighted by atomic mass is 9.89. The topological polar surface area (TPSA) is 104 Å². The summed E-state index contributed by atoms with van der Waals surface area (Å²) in [5.74, 6) is 0.327. The van der Waals surface area contributed by atoms with E-state index < -0.39 is 11.2 Å². The van der Waals surface area contributed by atoms with E-state index in [0.29, 0.717) is 24.4 Å². The first-order valence-corrected chi connectivity index (χ1v) is 10.8. The summed E-state index contributed by atoms with van der Waals surface area (Å²) in [4.78, 5) is 43.2. The lowest BCUT2D eigenvalue weighted by Crippen LogP contribution is -2.37. The highest BCUT2D eigenvalue weighted by Gasteiger charge is 2.25. The fourth-order valence-corrected chi connectivity index (χ4v) is 4.61. The van der Waals surface area contributed by atoms with Crippen LogP contribution in [-0.2, 0) is 27.1 Å². The SMILES string of the molecule is CCCCc1c(O)n2c3c(=O)n(C)c(=O)n(C)c3nc2n(CC2CCCCC2)c1=O. The number of fused-ring (bicyclic) bond motifs is 3. The predicted molar refractivity (Wildman–Crippen MR) is 114 cm³/mol. The van der Waals surface area contributed by atoms with Crippen molar-refractivity contribution in [3.63, 3.8) is 0 Å². The van der Waals surface area contributed by atoms with E-state index in [9.17, 15) is 19.5 Å². The van der Waals surface area contributed by atoms with Crippen LogP contribution in [0.2, 0.25) is 0 Å². The molecule has 3 aromatic rings. The van der Waals surface area contributed by atoms with Gasteiger partial charge in [0, 0.05) is 20.6 Å². The van der Waals surface area contributed by atoms with Crippen molar-refractivity contribution in [2.75, 3.05) is 0 Å². The molecule has 162 valence electrons. The summed E-state index contributed by atoms with van der Waals surface area (Å²) >= 11 is 0. The number of rotatable bonds is 5. The fourth-order valence-electron chi connectivity index (χ4n) is 4.61. The number of unbranched alkanes of at least 4 members (excludes halogenated alkanes) is 1. The molecule has 0 atom stereocenters. The van der Waals surface area contributed by atoms with Gasteiger partial charge in [0.25, 0.3) is 11.1 Å². The molecule has 0 aromatic carbocycles. The summed E-state index contributed by atoms with van der Waals surface area (Å²) in [5.41, 5.74) is -0.709. The molecule has 1 aliphatic carbocycles. The lowest BCUT2D eigenvalue weighted by molar-refractivity contribution is 0.316. The summed E-state index contributed by atoms with van der Waals surface area (Å²) in [5, 5.41) is 11.0. The molecule has 30 heavy (non-hydrogen) atoms. The minimum absolute atomic E-state index is 0.113. The number of nitrogens with zero attached hydrogens (tertiary/aromatic N) is 5. The smallest absolute Gasteiger partial charge is 0.332 e. The maximum Gasteiger partial charge on any atom is 0.332 e. The van der Waals surface area contributed by atoms with Gasteiger partial charge in [0.05, 0.1) is 5.56 Å². The van der Waals surface area contributed by atoms with Gasteiger partial charge >= 0.3 is 5.69 Å². The zero-order chi connectivity index (χ0) is 21.6. The van der Waals surface area contributed by atoms with Gasteiger partial charge in [-0.05, 0) is 31.6 Å². The van der Waals surface area contributed by atoms with Crippen LogP contribution >= 0.6 is 0 Å². The van der Waals surface area contributed by atoms with E-state index >= 15 is 0 Å². The average molecular weight is 415 g/mol. The normalized spacial score (nSPS) is 15.4. The molecule has 0 unspecified atom stereocenters. The largest absolute Gasteiger partial charge is 0.494 e. The first-order chi connectivity index (χ1) is 14.4. The summed E-state index contributed by atoms with van der Waals surface area (Å²) < 4.78 is 5.25. The van der Waals surface area contributed by atoms with Gasteiger partial charge in [0.15, 0.2) is 11.2 Å². The Balaban J connectivity index is 2.09. The van der Waals surface area contributed by atoms with Gasteiger partial charge in [-0.15, -0.1) is 0 Å². The first-order valence-electron chi connectivity index (χ1n) is 10.8. The lowest BCUT2D eigenvalue weighted by Gasteiger charge is -2.23. The van der Waals surface area contributed by atoms with E-state index in [2.05, 4.69) is 4.98 Å². The molecule has 0 saturated heterocycles. The van der Waals surface area contributed by atoms with Crippen LogP contribution in [0.5, 0.6) is 5.88 Å². The minimum Gasteiger partial charge on any atom is -0.494 e. The van der Waals surface area contributed by atoms with E-state index in [1.807, 2.05) is 6.92 Å². The van der Waals surface area contributed by atoms with Crippen LogP contribution in [0, 0.1) is 5.92 Å². The molecule has 0 amide bonds. The zero-order valence-corrected chi connectivity index (χ0v) is 17.8. The van der Waals surface area contributed by atoms with Crippen molar-refractivity contribution < 1.29 is 5.11 Å². The average Bonchev–Trinajstić information content (AvgIpc) is 3.15. The van der Waals surface area contributed by atoms with E-state index in [1.165, 1.54) is 29.5 Å². The number of aromatic hydroxyl groups is 1. The number of hydrogen-bond donors (Lipinski definition) is 1. The standard InChI is InChI=1S/C21H29N5O4/c1-4-5-11-14-17(27)25(12-13-9-7-6-8-10-13)20-22-16-15(26(20)18(14)28)19(29)24(3)21(30)23(16)2/h13,28H,4-12H2,1-3H3. The first kappa shape index (κ1) is 20.4. The molecular weight excluding hydrogens is 386 g/mol. The van der Waals surface area contributed by atoms with Crippen LogP contribution in [0.15, 0.2) is 14.4 Å². The molecule has 4 rings (SSSR count). The zero-order valence-electron chi connectivity index (χ0n) is 17.8. The van der Waals surface area contributed by atoms with Gasteiger partial charge in [-0.2, -0.15) is 4.98 Å². The minimum atomic E-state index is -0.541. The van der Waals surface area contributed by atoms with Gasteiger partial charge in [0.2, 0.25) is 11.7 Å². The summed E-state index contributed by atoms with van der Waals surface area (Å²) in [6.45, 7) is 2.52. The van der Waals surface area contributed by atoms with Crippen molar-refractivity contribution in [1.29, 1.82) is 0 Å². The molecule has 1 aliphatic rings. The highest BCUT2D eigenvalue weighted by Crippen LogP contribution is 2.27. The van der Waals surface area contributed by atoms with Crippen LogP contribution in [0.3, 0.4) is 0 Å². The Kier molecular flexibility index (Phi) is 5.29. The van der Waals surface area contributed by atoms with Gasteiger partial charge in [0.1, 0.15) is 0 Å². The summed E-state index contributed by atoms with van der Waals surface area (Å²) in [6.07, 6.45) is 7.64. The van der Waals surface area contributed by atoms with Crippen molar-refractivity contribution in [2.24, 2.45) is 20.0 Å². The van der Waals surface area contributed by atoms with Gasteiger partial charge in [-0.1, -0.05) is 32.6 Å². The van der Waals surface area contributed by atoms with Crippen molar-refractivity contribution in [3.05, 3.63) is 36.8 Å². The second kappa shape index (κ2) is 7.77. The van der Waals surface area contributed by atoms with Crippen LogP contribution in [0.25, 0.3) is 16.9 Å². The Morgan fingerprint density at radius 2 is 1.73 bits per heavy atom. The van der Waals surface area contributed by atoms with Crippen molar-refractivity contribution in [1.82, 2.24) is 23.1 Å². The van der Waals surface area contributed by atoms with Crippen molar-refractivity contribution in [3.8, 4) is 5.88 Å². The molecule has 0 radical (unpaired) electrons. The van der Waals surface area contributed by atoms with Crippen LogP contribution in [0.1, 0.15) is 57.4 Å². The molecular formula is C21H29N5O4. The molecule has 0 bridgehead atoms. The molecule has 0 spiro atoms. The third-order valence-electron chi connectivity index (χ3n) is 6.41. The molecule has 9 nitrogen and oxygen atoms in total. The van der Waals surface area contributed by atoms with Crippen molar-refractivity contribution >= 4 is 16.9 Å². The van der Waals surface area contributed by atoms with E-state index in [0.717, 1.165) is 43.1 Å². The number of aryl methyl sites for hydroxylation is 1. The van der Waals surface area contributed by atoms with E-state index in [4.69, 9.17) is 0 Å². The highest BCUT2D eigenvalue weighted by atomic mass is 16.3. The number of hydrogen-bond acceptors (Lipinski definition) is 5. The monoisotopic (exact) mass is 415 g/mol. The molecule has 0 aliphatic heterocycles. The fraction of sp³-hybridized carbons (Fsp3) is 0.619. The molecule has 1 saturated carbocycles. The van der Waals surface area contributed by atoms with Crippen LogP contribution < -0.4 is 16.8 Å². The van der Waals surface area contributed by atoms with E-state index in [-0.39, 0.29) is 28.4 Å². The van der Waals surface area contributed by atoms with Gasteiger partial charge in [-0.3, -0.25) is 23.3 Å². The Morgan fingerprint density at radius 1 is 1.03 bits per heavy atom. The number of aromatic nitrogens is 5. The third kappa shape index (κ3) is 3.07. The Hall–Kier alpha value is -2.84. The second-order valence-electron chi connectivity index (χ2n) is 8.45. The predicted octanol–water partition coefficient (Wildman–Crippen LogP) is 1.68. The Labute approximate surface area is 173 Å². The second-order valence-corrected chi connectivity index (χ2v) is 8.45. The van der Waals surface area contributed by atoms with Crippen molar-refractivity contribution in [2.45, 2.75) is 64.8 Å². The highest BCUT2D eigenvalue weighted by molar-refractivity contribution is 5.76. The molecule has 9 heteroatoms. The van der Waals surface area contributed by atoms with Gasteiger partial charge < -0.3 is 5.11 Å². The maximum absolute atomic E-state index is 13.4. The van der Waals surface area contributed by atoms with Crippen LogP contribution in [-0.4, -0.2) is 28.2 Å². The molecule has 3 aromatic heterocycles. The van der Waals surface area contributed by atoms with E-state index in [1.54, 1.807) is 4.57 Å². The summed E-state index contributed by atoms with van der Waals surface area (Å²) in [6, 6.07) is 0. The third-order valence-corrected chi connectivity index (χ3v) is 6.41.